The van der Waals surface area contributed by atoms with E-state index in [-0.39, 0.29) is 5.97 Å². The zero-order valence-corrected chi connectivity index (χ0v) is 11.5. The number of piperidine rings is 1. The molecule has 4 heteroatoms. The van der Waals surface area contributed by atoms with Crippen LogP contribution in [-0.2, 0) is 9.53 Å². The Hall–Kier alpha value is -1.55. The van der Waals surface area contributed by atoms with Gasteiger partial charge in [0.1, 0.15) is 0 Å². The molecule has 0 aliphatic carbocycles. The molecule has 104 valence electrons. The van der Waals surface area contributed by atoms with E-state index in [1.807, 2.05) is 6.07 Å². The van der Waals surface area contributed by atoms with E-state index in [1.54, 1.807) is 0 Å². The molecular formula is C15H22N2O2. The quantitative estimate of drug-likeness (QED) is 0.822. The minimum Gasteiger partial charge on any atom is -0.469 e. The van der Waals surface area contributed by atoms with Crippen molar-refractivity contribution in [2.45, 2.75) is 25.3 Å². The summed E-state index contributed by atoms with van der Waals surface area (Å²) in [6.45, 7) is 2.85. The van der Waals surface area contributed by atoms with Gasteiger partial charge in [-0.3, -0.25) is 4.79 Å². The number of anilines is 1. The Bertz CT molecular complexity index is 386. The summed E-state index contributed by atoms with van der Waals surface area (Å²) in [7, 11) is 1.43. The molecule has 1 N–H and O–H groups in total. The van der Waals surface area contributed by atoms with Crippen LogP contribution in [0.5, 0.6) is 0 Å². The van der Waals surface area contributed by atoms with Gasteiger partial charge in [-0.05, 0) is 25.0 Å². The number of para-hydroxylation sites is 1. The van der Waals surface area contributed by atoms with Gasteiger partial charge in [0, 0.05) is 31.4 Å². The molecule has 1 aromatic rings. The topological polar surface area (TPSA) is 41.6 Å². The van der Waals surface area contributed by atoms with Crippen LogP contribution in [0.15, 0.2) is 30.3 Å². The number of rotatable bonds is 5. The van der Waals surface area contributed by atoms with Crippen molar-refractivity contribution in [3.63, 3.8) is 0 Å². The highest BCUT2D eigenvalue weighted by Gasteiger charge is 2.18. The van der Waals surface area contributed by atoms with Gasteiger partial charge in [-0.25, -0.2) is 0 Å². The second-order valence-corrected chi connectivity index (χ2v) is 4.88. The number of carbonyl (C=O) groups excluding carboxylic acids is 1. The summed E-state index contributed by atoms with van der Waals surface area (Å²) in [4.78, 5) is 13.4. The maximum Gasteiger partial charge on any atom is 0.306 e. The van der Waals surface area contributed by atoms with Gasteiger partial charge in [0.2, 0.25) is 0 Å². The molecule has 1 fully saturated rings. The van der Waals surface area contributed by atoms with Gasteiger partial charge < -0.3 is 15.0 Å². The third-order valence-corrected chi connectivity index (χ3v) is 3.61. The first-order chi connectivity index (χ1) is 9.29. The van der Waals surface area contributed by atoms with Crippen molar-refractivity contribution < 1.29 is 9.53 Å². The maximum atomic E-state index is 11.0. The van der Waals surface area contributed by atoms with Crippen LogP contribution in [0.2, 0.25) is 0 Å². The molecule has 0 saturated carbocycles. The lowest BCUT2D eigenvalue weighted by atomic mass is 10.0. The SMILES string of the molecule is COC(=O)CCNC1CCN(c2ccccc2)CC1. The summed E-state index contributed by atoms with van der Waals surface area (Å²) in [6.07, 6.45) is 2.70. The normalized spacial score (nSPS) is 16.4. The van der Waals surface area contributed by atoms with E-state index in [4.69, 9.17) is 0 Å². The molecule has 0 radical (unpaired) electrons. The molecule has 1 saturated heterocycles. The summed E-state index contributed by atoms with van der Waals surface area (Å²) in [5.41, 5.74) is 1.30. The Morgan fingerprint density at radius 1 is 1.32 bits per heavy atom. The summed E-state index contributed by atoms with van der Waals surface area (Å²) in [5.74, 6) is -0.144. The number of carbonyl (C=O) groups is 1. The molecular weight excluding hydrogens is 240 g/mol. The molecule has 0 unspecified atom stereocenters. The zero-order chi connectivity index (χ0) is 13.5. The Morgan fingerprint density at radius 2 is 2.00 bits per heavy atom. The Labute approximate surface area is 114 Å². The van der Waals surface area contributed by atoms with E-state index in [0.717, 1.165) is 25.9 Å². The van der Waals surface area contributed by atoms with Crippen molar-refractivity contribution in [2.75, 3.05) is 31.6 Å². The Kier molecular flexibility index (Phi) is 5.21. The smallest absolute Gasteiger partial charge is 0.306 e. The molecule has 19 heavy (non-hydrogen) atoms. The third kappa shape index (κ3) is 4.24. The monoisotopic (exact) mass is 262 g/mol. The van der Waals surface area contributed by atoms with Gasteiger partial charge in [-0.1, -0.05) is 18.2 Å². The number of hydrogen-bond donors (Lipinski definition) is 1. The van der Waals surface area contributed by atoms with Gasteiger partial charge in [0.25, 0.3) is 0 Å². The number of benzene rings is 1. The first kappa shape index (κ1) is 13.9. The van der Waals surface area contributed by atoms with Crippen molar-refractivity contribution in [1.82, 2.24) is 5.32 Å². The zero-order valence-electron chi connectivity index (χ0n) is 11.5. The maximum absolute atomic E-state index is 11.0. The number of ether oxygens (including phenoxy) is 1. The van der Waals surface area contributed by atoms with Crippen LogP contribution >= 0.6 is 0 Å². The standard InChI is InChI=1S/C15H22N2O2/c1-19-15(18)7-10-16-13-8-11-17(12-9-13)14-5-3-2-4-6-14/h2-6,13,16H,7-12H2,1H3. The van der Waals surface area contributed by atoms with Crippen molar-refractivity contribution >= 4 is 11.7 Å². The molecule has 0 atom stereocenters. The minimum absolute atomic E-state index is 0.144. The lowest BCUT2D eigenvalue weighted by Gasteiger charge is -2.34. The second kappa shape index (κ2) is 7.14. The molecule has 2 rings (SSSR count). The summed E-state index contributed by atoms with van der Waals surface area (Å²) in [6, 6.07) is 11.0. The van der Waals surface area contributed by atoms with Crippen molar-refractivity contribution in [3.8, 4) is 0 Å². The number of nitrogens with one attached hydrogen (secondary N) is 1. The number of esters is 1. The van der Waals surface area contributed by atoms with Crippen molar-refractivity contribution in [2.24, 2.45) is 0 Å². The highest BCUT2D eigenvalue weighted by molar-refractivity contribution is 5.69. The van der Waals surface area contributed by atoms with Gasteiger partial charge in [0.15, 0.2) is 0 Å². The van der Waals surface area contributed by atoms with E-state index in [2.05, 4.69) is 39.2 Å². The number of nitrogens with zero attached hydrogens (tertiary/aromatic N) is 1. The molecule has 0 bridgehead atoms. The largest absolute Gasteiger partial charge is 0.469 e. The molecule has 0 aromatic heterocycles. The summed E-state index contributed by atoms with van der Waals surface area (Å²) in [5, 5.41) is 3.43. The second-order valence-electron chi connectivity index (χ2n) is 4.88. The minimum atomic E-state index is -0.144. The fourth-order valence-electron chi connectivity index (χ4n) is 2.46. The molecule has 4 nitrogen and oxygen atoms in total. The van der Waals surface area contributed by atoms with Crippen molar-refractivity contribution in [1.29, 1.82) is 0 Å². The fourth-order valence-corrected chi connectivity index (χ4v) is 2.46. The average Bonchev–Trinajstić information content (AvgIpc) is 2.48. The highest BCUT2D eigenvalue weighted by atomic mass is 16.5. The molecule has 1 heterocycles. The molecule has 0 spiro atoms. The van der Waals surface area contributed by atoms with Crippen LogP contribution in [-0.4, -0.2) is 38.8 Å². The van der Waals surface area contributed by atoms with Crippen LogP contribution in [0.1, 0.15) is 19.3 Å². The van der Waals surface area contributed by atoms with Crippen LogP contribution in [0.3, 0.4) is 0 Å². The van der Waals surface area contributed by atoms with Crippen LogP contribution in [0.4, 0.5) is 5.69 Å². The highest BCUT2D eigenvalue weighted by Crippen LogP contribution is 2.19. The Morgan fingerprint density at radius 3 is 2.63 bits per heavy atom. The van der Waals surface area contributed by atoms with Gasteiger partial charge >= 0.3 is 5.97 Å². The van der Waals surface area contributed by atoms with Gasteiger partial charge in [0.05, 0.1) is 13.5 Å². The number of methoxy groups -OCH3 is 1. The third-order valence-electron chi connectivity index (χ3n) is 3.61. The summed E-state index contributed by atoms with van der Waals surface area (Å²) >= 11 is 0. The molecule has 1 aromatic carbocycles. The van der Waals surface area contributed by atoms with E-state index in [1.165, 1.54) is 12.8 Å². The average molecular weight is 262 g/mol. The van der Waals surface area contributed by atoms with Crippen molar-refractivity contribution in [3.05, 3.63) is 30.3 Å². The van der Waals surface area contributed by atoms with Crippen LogP contribution in [0, 0.1) is 0 Å². The van der Waals surface area contributed by atoms with E-state index < -0.39 is 0 Å². The van der Waals surface area contributed by atoms with Crippen LogP contribution < -0.4 is 10.2 Å². The van der Waals surface area contributed by atoms with Crippen LogP contribution in [0.25, 0.3) is 0 Å². The number of hydrogen-bond acceptors (Lipinski definition) is 4. The first-order valence-corrected chi connectivity index (χ1v) is 6.90. The Balaban J connectivity index is 1.69. The molecule has 1 aliphatic rings. The first-order valence-electron chi connectivity index (χ1n) is 6.90. The fraction of sp³-hybridized carbons (Fsp3) is 0.533. The predicted molar refractivity (Wildman–Crippen MR) is 76.3 cm³/mol. The lowest BCUT2D eigenvalue weighted by Crippen LogP contribution is -2.43. The van der Waals surface area contributed by atoms with E-state index >= 15 is 0 Å². The lowest BCUT2D eigenvalue weighted by molar-refractivity contribution is -0.140. The summed E-state index contributed by atoms with van der Waals surface area (Å²) < 4.78 is 4.63. The van der Waals surface area contributed by atoms with E-state index in [9.17, 15) is 4.79 Å². The molecule has 0 amide bonds. The van der Waals surface area contributed by atoms with Gasteiger partial charge in [-0.2, -0.15) is 0 Å². The molecule has 1 aliphatic heterocycles. The van der Waals surface area contributed by atoms with E-state index in [0.29, 0.717) is 19.0 Å². The predicted octanol–water partition coefficient (Wildman–Crippen LogP) is 1.81. The van der Waals surface area contributed by atoms with Gasteiger partial charge in [-0.15, -0.1) is 0 Å².